The molecule has 0 saturated carbocycles. The average Bonchev–Trinajstić information content (AvgIpc) is 3.40. The molecule has 0 aliphatic heterocycles. The van der Waals surface area contributed by atoms with Crippen LogP contribution in [0.15, 0.2) is 49.3 Å². The van der Waals surface area contributed by atoms with Gasteiger partial charge in [-0.1, -0.05) is 6.08 Å². The fraction of sp³-hybridized carbons (Fsp3) is 0.158. The van der Waals surface area contributed by atoms with Crippen LogP contribution in [0.1, 0.15) is 18.2 Å². The fourth-order valence-corrected chi connectivity index (χ4v) is 3.16. The largest absolute Gasteiger partial charge is 0.335 e. The molecule has 0 fully saturated rings. The van der Waals surface area contributed by atoms with Crippen molar-refractivity contribution in [3.05, 3.63) is 60.6 Å². The first-order valence-electron chi connectivity index (χ1n) is 8.59. The Morgan fingerprint density at radius 3 is 3.04 bits per heavy atom. The lowest BCUT2D eigenvalue weighted by molar-refractivity contribution is 0.660. The smallest absolute Gasteiger partial charge is 0.180 e. The minimum Gasteiger partial charge on any atom is -0.335 e. The molecule has 26 heavy (non-hydrogen) atoms. The van der Waals surface area contributed by atoms with Crippen LogP contribution in [0.2, 0.25) is 0 Å². The molecule has 0 unspecified atom stereocenters. The molecule has 0 atom stereocenters. The van der Waals surface area contributed by atoms with E-state index in [2.05, 4.69) is 45.5 Å². The van der Waals surface area contributed by atoms with Crippen LogP contribution in [-0.4, -0.2) is 29.1 Å². The number of aromatic nitrogens is 6. The van der Waals surface area contributed by atoms with E-state index < -0.39 is 0 Å². The van der Waals surface area contributed by atoms with E-state index >= 15 is 0 Å². The van der Waals surface area contributed by atoms with Gasteiger partial charge in [0.1, 0.15) is 0 Å². The molecule has 1 aliphatic rings. The zero-order valence-corrected chi connectivity index (χ0v) is 14.3. The zero-order valence-electron chi connectivity index (χ0n) is 14.3. The number of imidazole rings is 1. The monoisotopic (exact) mass is 343 g/mol. The van der Waals surface area contributed by atoms with Gasteiger partial charge in [0.15, 0.2) is 11.5 Å². The first-order chi connectivity index (χ1) is 12.8. The number of fused-ring (bicyclic) bond motifs is 2. The second kappa shape index (κ2) is 5.80. The van der Waals surface area contributed by atoms with Crippen molar-refractivity contribution in [2.24, 2.45) is 0 Å². The molecular weight excluding hydrogens is 326 g/mol. The molecule has 0 amide bonds. The summed E-state index contributed by atoms with van der Waals surface area (Å²) in [5, 5.41) is 7.64. The first-order valence-corrected chi connectivity index (χ1v) is 8.59. The van der Waals surface area contributed by atoms with Crippen molar-refractivity contribution in [2.45, 2.75) is 19.9 Å². The summed E-state index contributed by atoms with van der Waals surface area (Å²) in [5.74, 6) is 0.696. The van der Waals surface area contributed by atoms with Gasteiger partial charge >= 0.3 is 0 Å². The minimum atomic E-state index is 0.696. The van der Waals surface area contributed by atoms with Gasteiger partial charge in [-0.2, -0.15) is 5.10 Å². The summed E-state index contributed by atoms with van der Waals surface area (Å²) in [6.45, 7) is 2.88. The van der Waals surface area contributed by atoms with E-state index in [4.69, 9.17) is 4.98 Å². The van der Waals surface area contributed by atoms with E-state index in [0.29, 0.717) is 5.82 Å². The zero-order chi connectivity index (χ0) is 17.5. The van der Waals surface area contributed by atoms with Gasteiger partial charge in [-0.3, -0.25) is 9.67 Å². The Balaban J connectivity index is 1.58. The van der Waals surface area contributed by atoms with Gasteiger partial charge in [-0.25, -0.2) is 9.97 Å². The standard InChI is InChI=1S/C19H17N7/c1-2-26-11-15(10-22-26)23-18-19-20-6-7-25(19)12-17(24-18)14-8-13-4-3-5-16(13)21-9-14/h3,5-12H,2,4H2,1H3,(H,23,24). The molecule has 1 N–H and O–H groups in total. The molecule has 7 nitrogen and oxygen atoms in total. The van der Waals surface area contributed by atoms with Crippen LogP contribution < -0.4 is 5.32 Å². The molecule has 4 heterocycles. The predicted molar refractivity (Wildman–Crippen MR) is 100 cm³/mol. The number of nitrogens with zero attached hydrogens (tertiary/aromatic N) is 6. The van der Waals surface area contributed by atoms with Crippen LogP contribution in [0.25, 0.3) is 23.0 Å². The molecule has 7 heteroatoms. The van der Waals surface area contributed by atoms with E-state index in [1.165, 1.54) is 5.56 Å². The van der Waals surface area contributed by atoms with Gasteiger partial charge in [0.2, 0.25) is 0 Å². The maximum Gasteiger partial charge on any atom is 0.180 e. The summed E-state index contributed by atoms with van der Waals surface area (Å²) in [4.78, 5) is 13.8. The molecule has 0 saturated heterocycles. The van der Waals surface area contributed by atoms with Crippen molar-refractivity contribution >= 4 is 23.2 Å². The number of nitrogens with one attached hydrogen (secondary N) is 1. The Hall–Kier alpha value is -3.48. The highest BCUT2D eigenvalue weighted by molar-refractivity contribution is 5.74. The highest BCUT2D eigenvalue weighted by atomic mass is 15.3. The quantitative estimate of drug-likeness (QED) is 0.615. The summed E-state index contributed by atoms with van der Waals surface area (Å²) in [7, 11) is 0. The Labute approximate surface area is 150 Å². The third-order valence-electron chi connectivity index (χ3n) is 4.50. The third-order valence-corrected chi connectivity index (χ3v) is 4.50. The Bertz CT molecular complexity index is 1140. The van der Waals surface area contributed by atoms with Crippen molar-refractivity contribution < 1.29 is 0 Å². The number of hydrogen-bond donors (Lipinski definition) is 1. The van der Waals surface area contributed by atoms with E-state index in [0.717, 1.165) is 41.3 Å². The average molecular weight is 343 g/mol. The number of anilines is 2. The van der Waals surface area contributed by atoms with Crippen molar-refractivity contribution in [3.63, 3.8) is 0 Å². The highest BCUT2D eigenvalue weighted by Gasteiger charge is 2.13. The van der Waals surface area contributed by atoms with Crippen molar-refractivity contribution in [2.75, 3.05) is 5.32 Å². The Morgan fingerprint density at radius 1 is 1.19 bits per heavy atom. The topological polar surface area (TPSA) is 72.9 Å². The number of aryl methyl sites for hydroxylation is 1. The van der Waals surface area contributed by atoms with E-state index in [-0.39, 0.29) is 0 Å². The van der Waals surface area contributed by atoms with Crippen LogP contribution in [0.5, 0.6) is 0 Å². The number of rotatable bonds is 4. The van der Waals surface area contributed by atoms with E-state index in [9.17, 15) is 0 Å². The molecule has 4 aromatic heterocycles. The van der Waals surface area contributed by atoms with Gasteiger partial charge in [0, 0.05) is 43.1 Å². The molecule has 0 aromatic carbocycles. The van der Waals surface area contributed by atoms with Gasteiger partial charge in [-0.15, -0.1) is 0 Å². The predicted octanol–water partition coefficient (Wildman–Crippen LogP) is 3.32. The third kappa shape index (κ3) is 2.45. The number of allylic oxidation sites excluding steroid dienone is 1. The molecule has 0 radical (unpaired) electrons. The van der Waals surface area contributed by atoms with Crippen molar-refractivity contribution in [1.82, 2.24) is 29.1 Å². The maximum absolute atomic E-state index is 4.81. The highest BCUT2D eigenvalue weighted by Crippen LogP contribution is 2.27. The summed E-state index contributed by atoms with van der Waals surface area (Å²) in [6, 6.07) is 2.16. The second-order valence-electron chi connectivity index (χ2n) is 6.22. The lowest BCUT2D eigenvalue weighted by Crippen LogP contribution is -2.00. The lowest BCUT2D eigenvalue weighted by atomic mass is 10.1. The molecule has 4 aromatic rings. The van der Waals surface area contributed by atoms with Crippen LogP contribution in [0.4, 0.5) is 11.5 Å². The molecule has 5 rings (SSSR count). The van der Waals surface area contributed by atoms with Crippen LogP contribution in [-0.2, 0) is 13.0 Å². The molecular formula is C19H17N7. The first kappa shape index (κ1) is 14.8. The van der Waals surface area contributed by atoms with Crippen LogP contribution in [0, 0.1) is 0 Å². The summed E-state index contributed by atoms with van der Waals surface area (Å²) in [5.41, 5.74) is 5.78. The number of pyridine rings is 1. The van der Waals surface area contributed by atoms with E-state index in [1.807, 2.05) is 33.9 Å². The normalized spacial score (nSPS) is 12.7. The van der Waals surface area contributed by atoms with Gasteiger partial charge in [0.05, 0.1) is 23.3 Å². The Morgan fingerprint density at radius 2 is 2.15 bits per heavy atom. The summed E-state index contributed by atoms with van der Waals surface area (Å²) in [6.07, 6.45) is 16.4. The fourth-order valence-electron chi connectivity index (χ4n) is 3.16. The van der Waals surface area contributed by atoms with Crippen molar-refractivity contribution in [1.29, 1.82) is 0 Å². The van der Waals surface area contributed by atoms with Crippen molar-refractivity contribution in [3.8, 4) is 11.3 Å². The van der Waals surface area contributed by atoms with Crippen LogP contribution >= 0.6 is 0 Å². The summed E-state index contributed by atoms with van der Waals surface area (Å²) >= 11 is 0. The molecule has 1 aliphatic carbocycles. The van der Waals surface area contributed by atoms with Gasteiger partial charge in [0.25, 0.3) is 0 Å². The van der Waals surface area contributed by atoms with E-state index in [1.54, 1.807) is 12.4 Å². The Kier molecular flexibility index (Phi) is 3.31. The number of hydrogen-bond acceptors (Lipinski definition) is 5. The SMILES string of the molecule is CCn1cc(Nc2nc(-c3cnc4c(c3)CC=C4)cn3ccnc23)cn1. The molecule has 128 valence electrons. The lowest BCUT2D eigenvalue weighted by Gasteiger charge is -2.09. The molecule has 0 bridgehead atoms. The van der Waals surface area contributed by atoms with Gasteiger partial charge < -0.3 is 9.72 Å². The van der Waals surface area contributed by atoms with Crippen LogP contribution in [0.3, 0.4) is 0 Å². The minimum absolute atomic E-state index is 0.696. The summed E-state index contributed by atoms with van der Waals surface area (Å²) < 4.78 is 3.84. The maximum atomic E-state index is 4.81. The second-order valence-corrected chi connectivity index (χ2v) is 6.22. The van der Waals surface area contributed by atoms with Gasteiger partial charge in [-0.05, 0) is 31.1 Å². The molecule has 0 spiro atoms.